The summed E-state index contributed by atoms with van der Waals surface area (Å²) in [6.45, 7) is 11.2. The van der Waals surface area contributed by atoms with Crippen LogP contribution in [0.1, 0.15) is 36.9 Å². The summed E-state index contributed by atoms with van der Waals surface area (Å²) in [5, 5.41) is 11.3. The lowest BCUT2D eigenvalue weighted by atomic mass is 9.64. The van der Waals surface area contributed by atoms with E-state index in [9.17, 15) is 13.7 Å². The van der Waals surface area contributed by atoms with Crippen LogP contribution >= 0.6 is 11.6 Å². The first-order valence-electron chi connectivity index (χ1n) is 11.3. The van der Waals surface area contributed by atoms with Gasteiger partial charge in [0.2, 0.25) is 10.0 Å². The van der Waals surface area contributed by atoms with Crippen molar-refractivity contribution in [3.63, 3.8) is 0 Å². The predicted octanol–water partition coefficient (Wildman–Crippen LogP) is 6.51. The van der Waals surface area contributed by atoms with Crippen LogP contribution in [0.2, 0.25) is 24.7 Å². The molecule has 2 aromatic rings. The summed E-state index contributed by atoms with van der Waals surface area (Å²) in [6.07, 6.45) is 1.47. The van der Waals surface area contributed by atoms with E-state index in [1.807, 2.05) is 31.2 Å². The highest BCUT2D eigenvalue weighted by molar-refractivity contribution is 7.89. The van der Waals surface area contributed by atoms with Gasteiger partial charge in [-0.05, 0) is 49.6 Å². The molecule has 0 bridgehead atoms. The SMILES string of the molecule is Cc1ccc(S(=O)(=O)N2C[C@@]3(C)/C(=C/[Si](C)(C)C)CC[C@@]3(C#N)[C@@H]2c2ccc(Cl)cc2)cc1. The van der Waals surface area contributed by atoms with Gasteiger partial charge in [-0.3, -0.25) is 0 Å². The number of nitrogens with zero attached hydrogens (tertiary/aromatic N) is 2. The summed E-state index contributed by atoms with van der Waals surface area (Å²) in [4.78, 5) is 0.263. The number of aryl methyl sites for hydroxylation is 1. The first-order chi connectivity index (χ1) is 15.3. The van der Waals surface area contributed by atoms with E-state index in [0.29, 0.717) is 18.0 Å². The summed E-state index contributed by atoms with van der Waals surface area (Å²) in [5.41, 5.74) is 4.04. The molecule has 1 saturated heterocycles. The van der Waals surface area contributed by atoms with Crippen molar-refractivity contribution < 1.29 is 8.42 Å². The Bertz CT molecular complexity index is 1240. The number of nitriles is 1. The predicted molar refractivity (Wildman–Crippen MR) is 136 cm³/mol. The fraction of sp³-hybridized carbons (Fsp3) is 0.423. The number of hydrogen-bond donors (Lipinski definition) is 0. The van der Waals surface area contributed by atoms with Crippen LogP contribution in [0.25, 0.3) is 0 Å². The van der Waals surface area contributed by atoms with Gasteiger partial charge >= 0.3 is 0 Å². The van der Waals surface area contributed by atoms with Crippen LogP contribution in [0.15, 0.2) is 64.7 Å². The molecule has 0 spiro atoms. The smallest absolute Gasteiger partial charge is 0.207 e. The number of benzene rings is 2. The lowest BCUT2D eigenvalue weighted by molar-refractivity contribution is 0.214. The third-order valence-corrected chi connectivity index (χ3v) is 10.6. The van der Waals surface area contributed by atoms with Crippen molar-refractivity contribution in [2.24, 2.45) is 10.8 Å². The molecule has 2 aliphatic rings. The van der Waals surface area contributed by atoms with Gasteiger partial charge in [-0.25, -0.2) is 8.42 Å². The quantitative estimate of drug-likeness (QED) is 0.451. The second-order valence-corrected chi connectivity index (χ2v) is 18.1. The van der Waals surface area contributed by atoms with Gasteiger partial charge in [0.1, 0.15) is 0 Å². The number of rotatable bonds is 4. The summed E-state index contributed by atoms with van der Waals surface area (Å²) in [5.74, 6) is 0. The van der Waals surface area contributed by atoms with Gasteiger partial charge in [-0.1, -0.05) is 79.3 Å². The zero-order valence-corrected chi connectivity index (χ0v) is 22.5. The van der Waals surface area contributed by atoms with Crippen molar-refractivity contribution in [1.82, 2.24) is 4.31 Å². The second kappa shape index (κ2) is 8.09. The standard InChI is InChI=1S/C26H31ClN2O2SSi/c1-19-6-12-23(13-7-19)32(30,31)29-18-25(2)21(16-33(3,4)5)14-15-26(25,17-28)24(29)20-8-10-22(27)11-9-20/h6-13,16,24H,14-15,18H2,1-5H3/b21-16+/t24-,25-,26+/m0/s1. The zero-order valence-electron chi connectivity index (χ0n) is 19.9. The van der Waals surface area contributed by atoms with E-state index in [4.69, 9.17) is 11.6 Å². The lowest BCUT2D eigenvalue weighted by Crippen LogP contribution is -2.36. The Hall–Kier alpha value is -1.91. The van der Waals surface area contributed by atoms with Crippen molar-refractivity contribution in [3.8, 4) is 6.07 Å². The average Bonchev–Trinajstić information content (AvgIpc) is 3.16. The minimum absolute atomic E-state index is 0.263. The third-order valence-electron chi connectivity index (χ3n) is 7.33. The molecule has 0 unspecified atom stereocenters. The topological polar surface area (TPSA) is 61.2 Å². The van der Waals surface area contributed by atoms with Gasteiger partial charge < -0.3 is 0 Å². The molecule has 0 N–H and O–H groups in total. The first-order valence-corrected chi connectivity index (χ1v) is 16.7. The molecule has 174 valence electrons. The lowest BCUT2D eigenvalue weighted by Gasteiger charge is -2.36. The Morgan fingerprint density at radius 1 is 1.12 bits per heavy atom. The molecule has 0 radical (unpaired) electrons. The number of fused-ring (bicyclic) bond motifs is 1. The maximum atomic E-state index is 14.0. The molecule has 1 aliphatic carbocycles. The van der Waals surface area contributed by atoms with Crippen LogP contribution in [0.3, 0.4) is 0 Å². The van der Waals surface area contributed by atoms with Gasteiger partial charge in [-0.2, -0.15) is 9.57 Å². The molecule has 1 heterocycles. The molecule has 0 aromatic heterocycles. The van der Waals surface area contributed by atoms with E-state index >= 15 is 0 Å². The highest BCUT2D eigenvalue weighted by atomic mass is 35.5. The minimum atomic E-state index is -3.83. The first kappa shape index (κ1) is 24.2. The van der Waals surface area contributed by atoms with Crippen LogP contribution in [0, 0.1) is 29.1 Å². The second-order valence-electron chi connectivity index (χ2n) is 10.8. The van der Waals surface area contributed by atoms with E-state index in [-0.39, 0.29) is 4.90 Å². The van der Waals surface area contributed by atoms with Crippen molar-refractivity contribution in [2.75, 3.05) is 6.54 Å². The monoisotopic (exact) mass is 498 g/mol. The molecule has 4 nitrogen and oxygen atoms in total. The fourth-order valence-corrected chi connectivity index (χ4v) is 9.05. The Labute approximate surface area is 203 Å². The maximum absolute atomic E-state index is 14.0. The molecule has 3 atom stereocenters. The summed E-state index contributed by atoms with van der Waals surface area (Å²) in [6, 6.07) is 16.3. The molecule has 1 saturated carbocycles. The van der Waals surface area contributed by atoms with Crippen LogP contribution in [-0.4, -0.2) is 27.3 Å². The molecule has 33 heavy (non-hydrogen) atoms. The van der Waals surface area contributed by atoms with Crippen LogP contribution < -0.4 is 0 Å². The average molecular weight is 499 g/mol. The van der Waals surface area contributed by atoms with E-state index in [0.717, 1.165) is 17.5 Å². The molecule has 1 aliphatic heterocycles. The Morgan fingerprint density at radius 2 is 1.73 bits per heavy atom. The molecule has 0 amide bonds. The van der Waals surface area contributed by atoms with Gasteiger partial charge in [0, 0.05) is 17.0 Å². The number of sulfonamides is 1. The van der Waals surface area contributed by atoms with E-state index in [1.54, 1.807) is 28.6 Å². The summed E-state index contributed by atoms with van der Waals surface area (Å²) in [7, 11) is -5.40. The Kier molecular flexibility index (Phi) is 5.94. The van der Waals surface area contributed by atoms with E-state index in [2.05, 4.69) is 38.3 Å². The highest BCUT2D eigenvalue weighted by Crippen LogP contribution is 2.68. The molecular weight excluding hydrogens is 468 g/mol. The summed E-state index contributed by atoms with van der Waals surface area (Å²) >= 11 is 6.16. The third kappa shape index (κ3) is 3.89. The highest BCUT2D eigenvalue weighted by Gasteiger charge is 2.68. The molecule has 4 rings (SSSR count). The molecule has 2 fully saturated rings. The van der Waals surface area contributed by atoms with Gasteiger partial charge in [0.25, 0.3) is 0 Å². The van der Waals surface area contributed by atoms with E-state index in [1.165, 1.54) is 5.57 Å². The number of halogens is 1. The zero-order chi connectivity index (χ0) is 24.2. The molecule has 2 aromatic carbocycles. The van der Waals surface area contributed by atoms with Crippen LogP contribution in [0.4, 0.5) is 0 Å². The normalized spacial score (nSPS) is 29.2. The minimum Gasteiger partial charge on any atom is -0.207 e. The largest absolute Gasteiger partial charge is 0.243 e. The van der Waals surface area contributed by atoms with Gasteiger partial charge in [0.15, 0.2) is 0 Å². The van der Waals surface area contributed by atoms with Gasteiger partial charge in [-0.15, -0.1) is 0 Å². The van der Waals surface area contributed by atoms with Gasteiger partial charge in [0.05, 0.1) is 30.5 Å². The maximum Gasteiger partial charge on any atom is 0.243 e. The van der Waals surface area contributed by atoms with Crippen molar-refractivity contribution in [2.45, 2.75) is 57.3 Å². The molecule has 7 heteroatoms. The fourth-order valence-electron chi connectivity index (χ4n) is 5.66. The van der Waals surface area contributed by atoms with Crippen LogP contribution in [0.5, 0.6) is 0 Å². The Balaban J connectivity index is 1.95. The van der Waals surface area contributed by atoms with E-state index < -0.39 is 35.0 Å². The van der Waals surface area contributed by atoms with Crippen LogP contribution in [-0.2, 0) is 10.0 Å². The molecular formula is C26H31ClN2O2SSi. The summed E-state index contributed by atoms with van der Waals surface area (Å²) < 4.78 is 29.6. The number of hydrogen-bond acceptors (Lipinski definition) is 3. The Morgan fingerprint density at radius 3 is 2.27 bits per heavy atom. The van der Waals surface area contributed by atoms with Crippen molar-refractivity contribution in [3.05, 3.63) is 76.0 Å². The van der Waals surface area contributed by atoms with Crippen molar-refractivity contribution in [1.29, 1.82) is 5.26 Å². The van der Waals surface area contributed by atoms with Crippen molar-refractivity contribution >= 4 is 29.7 Å².